The zero-order valence-electron chi connectivity index (χ0n) is 19.2. The lowest BCUT2D eigenvalue weighted by atomic mass is 10.1. The fourth-order valence-corrected chi connectivity index (χ4v) is 4.70. The Labute approximate surface area is 220 Å². The van der Waals surface area contributed by atoms with Gasteiger partial charge in [-0.1, -0.05) is 48.2 Å². The molecule has 37 heavy (non-hydrogen) atoms. The molecule has 6 nitrogen and oxygen atoms in total. The number of methoxy groups -OCH3 is 1. The normalized spacial score (nSPS) is 14.7. The number of halogens is 3. The van der Waals surface area contributed by atoms with E-state index >= 15 is 0 Å². The Morgan fingerprint density at radius 2 is 1.78 bits per heavy atom. The van der Waals surface area contributed by atoms with Crippen LogP contribution >= 0.6 is 24.0 Å². The molecule has 1 heterocycles. The van der Waals surface area contributed by atoms with Gasteiger partial charge in [-0.25, -0.2) is 0 Å². The molecular formula is C26H19F3N2O4S2. The van der Waals surface area contributed by atoms with Gasteiger partial charge in [0.2, 0.25) is 0 Å². The van der Waals surface area contributed by atoms with Crippen molar-refractivity contribution in [3.05, 3.63) is 88.8 Å². The molecule has 1 aliphatic rings. The monoisotopic (exact) mass is 544 g/mol. The molecule has 0 saturated carbocycles. The minimum absolute atomic E-state index is 0.0415. The van der Waals surface area contributed by atoms with Crippen LogP contribution in [-0.4, -0.2) is 29.9 Å². The number of thiocarbonyl (C=S) groups is 1. The molecule has 0 bridgehead atoms. The minimum atomic E-state index is -4.54. The van der Waals surface area contributed by atoms with Crippen LogP contribution < -0.4 is 19.7 Å². The van der Waals surface area contributed by atoms with Gasteiger partial charge in [0.05, 0.1) is 23.3 Å². The number of carbonyl (C=O) groups is 2. The van der Waals surface area contributed by atoms with E-state index in [1.165, 1.54) is 19.2 Å². The van der Waals surface area contributed by atoms with Crippen LogP contribution in [0.1, 0.15) is 11.1 Å². The second-order valence-corrected chi connectivity index (χ2v) is 9.38. The van der Waals surface area contributed by atoms with Gasteiger partial charge in [0.1, 0.15) is 11.5 Å². The van der Waals surface area contributed by atoms with E-state index in [0.29, 0.717) is 22.7 Å². The molecule has 11 heteroatoms. The van der Waals surface area contributed by atoms with Crippen LogP contribution in [0.2, 0.25) is 0 Å². The molecule has 1 fully saturated rings. The van der Waals surface area contributed by atoms with Crippen molar-refractivity contribution >= 4 is 57.6 Å². The summed E-state index contributed by atoms with van der Waals surface area (Å²) in [7, 11) is 1.53. The molecule has 0 unspecified atom stereocenters. The number of carbonyl (C=O) groups excluding carboxylic acids is 2. The Bertz CT molecular complexity index is 1390. The second-order valence-electron chi connectivity index (χ2n) is 7.71. The number of hydrogen-bond donors (Lipinski definition) is 1. The smallest absolute Gasteiger partial charge is 0.416 e. The topological polar surface area (TPSA) is 67.9 Å². The third-order valence-corrected chi connectivity index (χ3v) is 6.41. The van der Waals surface area contributed by atoms with E-state index in [0.717, 1.165) is 28.8 Å². The number of ether oxygens (including phenoxy) is 2. The van der Waals surface area contributed by atoms with Crippen LogP contribution in [0.25, 0.3) is 6.08 Å². The molecule has 3 aromatic rings. The average molecular weight is 545 g/mol. The third kappa shape index (κ3) is 6.49. The van der Waals surface area contributed by atoms with Gasteiger partial charge >= 0.3 is 6.18 Å². The number of hydrogen-bond acceptors (Lipinski definition) is 6. The summed E-state index contributed by atoms with van der Waals surface area (Å²) >= 11 is 6.25. The molecule has 0 aromatic heterocycles. The van der Waals surface area contributed by atoms with Gasteiger partial charge in [0, 0.05) is 11.8 Å². The highest BCUT2D eigenvalue weighted by Gasteiger charge is 2.36. The van der Waals surface area contributed by atoms with Crippen molar-refractivity contribution in [2.75, 3.05) is 23.9 Å². The van der Waals surface area contributed by atoms with Gasteiger partial charge in [-0.3, -0.25) is 14.5 Å². The number of rotatable bonds is 7. The Balaban J connectivity index is 1.43. The zero-order valence-corrected chi connectivity index (χ0v) is 20.9. The molecule has 1 aliphatic heterocycles. The van der Waals surface area contributed by atoms with E-state index in [4.69, 9.17) is 21.7 Å². The van der Waals surface area contributed by atoms with Gasteiger partial charge in [-0.05, 0) is 54.1 Å². The van der Waals surface area contributed by atoms with Crippen molar-refractivity contribution in [3.8, 4) is 11.5 Å². The summed E-state index contributed by atoms with van der Waals surface area (Å²) in [4.78, 5) is 26.6. The van der Waals surface area contributed by atoms with Crippen molar-refractivity contribution in [1.29, 1.82) is 0 Å². The van der Waals surface area contributed by atoms with Gasteiger partial charge in [0.25, 0.3) is 11.8 Å². The summed E-state index contributed by atoms with van der Waals surface area (Å²) in [5.41, 5.74) is 0.322. The Morgan fingerprint density at radius 3 is 2.54 bits per heavy atom. The maximum Gasteiger partial charge on any atom is 0.416 e. The van der Waals surface area contributed by atoms with Crippen LogP contribution in [0, 0.1) is 0 Å². The van der Waals surface area contributed by atoms with Crippen LogP contribution in [0.5, 0.6) is 11.5 Å². The summed E-state index contributed by atoms with van der Waals surface area (Å²) in [5, 5.41) is 2.71. The Kier molecular flexibility index (Phi) is 7.84. The number of anilines is 2. The van der Waals surface area contributed by atoms with E-state index in [2.05, 4.69) is 5.32 Å². The molecule has 0 radical (unpaired) electrons. The first-order valence-corrected chi connectivity index (χ1v) is 12.0. The first kappa shape index (κ1) is 26.2. The predicted molar refractivity (Wildman–Crippen MR) is 141 cm³/mol. The van der Waals surface area contributed by atoms with Gasteiger partial charge in [0.15, 0.2) is 10.9 Å². The fourth-order valence-electron chi connectivity index (χ4n) is 3.40. The standard InChI is InChI=1S/C26H19F3N2O4S2/c1-34-20-9-4-7-18(14-20)30-23(32)15-35-21-10-2-5-16(11-21)12-22-24(33)31(25(36)37-22)19-8-3-6-17(13-19)26(27,28)29/h2-14H,15H2,1H3,(H,30,32)/b22-12-. The van der Waals surface area contributed by atoms with E-state index < -0.39 is 17.6 Å². The predicted octanol–water partition coefficient (Wildman–Crippen LogP) is 6.14. The lowest BCUT2D eigenvalue weighted by Crippen LogP contribution is -2.27. The van der Waals surface area contributed by atoms with Crippen molar-refractivity contribution in [3.63, 3.8) is 0 Å². The molecule has 0 spiro atoms. The molecule has 0 aliphatic carbocycles. The Hall–Kier alpha value is -3.83. The number of nitrogens with one attached hydrogen (secondary N) is 1. The Morgan fingerprint density at radius 1 is 1.05 bits per heavy atom. The molecule has 2 amide bonds. The summed E-state index contributed by atoms with van der Waals surface area (Å²) in [6.45, 7) is -0.252. The molecule has 1 N–H and O–H groups in total. The third-order valence-electron chi connectivity index (χ3n) is 5.10. The second kappa shape index (κ2) is 11.1. The SMILES string of the molecule is COc1cccc(NC(=O)COc2cccc(/C=C3\SC(=S)N(c4cccc(C(F)(F)F)c4)C3=O)c2)c1. The van der Waals surface area contributed by atoms with Crippen molar-refractivity contribution in [1.82, 2.24) is 0 Å². The summed E-state index contributed by atoms with van der Waals surface area (Å²) < 4.78 is 50.2. The van der Waals surface area contributed by atoms with E-state index in [9.17, 15) is 22.8 Å². The van der Waals surface area contributed by atoms with Crippen molar-refractivity contribution in [2.45, 2.75) is 6.18 Å². The number of benzene rings is 3. The molecule has 190 valence electrons. The highest BCUT2D eigenvalue weighted by Crippen LogP contribution is 2.38. The number of alkyl halides is 3. The summed E-state index contributed by atoms with van der Waals surface area (Å²) in [6, 6.07) is 18.0. The fraction of sp³-hybridized carbons (Fsp3) is 0.115. The molecule has 0 atom stereocenters. The lowest BCUT2D eigenvalue weighted by molar-refractivity contribution is -0.137. The number of amides is 2. The number of nitrogens with zero attached hydrogens (tertiary/aromatic N) is 1. The number of thioether (sulfide) groups is 1. The maximum absolute atomic E-state index is 13.1. The lowest BCUT2D eigenvalue weighted by Gasteiger charge is -2.16. The molecule has 3 aromatic carbocycles. The summed E-state index contributed by atoms with van der Waals surface area (Å²) in [5.74, 6) is 0.0896. The van der Waals surface area contributed by atoms with E-state index in [-0.39, 0.29) is 27.4 Å². The maximum atomic E-state index is 13.1. The van der Waals surface area contributed by atoms with Gasteiger partial charge in [-0.2, -0.15) is 13.2 Å². The van der Waals surface area contributed by atoms with Crippen LogP contribution in [0.4, 0.5) is 24.5 Å². The van der Waals surface area contributed by atoms with Gasteiger partial charge < -0.3 is 14.8 Å². The van der Waals surface area contributed by atoms with E-state index in [1.54, 1.807) is 54.6 Å². The van der Waals surface area contributed by atoms with Crippen LogP contribution in [0.15, 0.2) is 77.7 Å². The molecular weight excluding hydrogens is 525 g/mol. The quantitative estimate of drug-likeness (QED) is 0.285. The zero-order chi connectivity index (χ0) is 26.6. The molecule has 1 saturated heterocycles. The van der Waals surface area contributed by atoms with Crippen LogP contribution in [0.3, 0.4) is 0 Å². The van der Waals surface area contributed by atoms with Crippen molar-refractivity contribution in [2.24, 2.45) is 0 Å². The van der Waals surface area contributed by atoms with Gasteiger partial charge in [-0.15, -0.1) is 0 Å². The first-order chi connectivity index (χ1) is 17.6. The van der Waals surface area contributed by atoms with Crippen molar-refractivity contribution < 1.29 is 32.2 Å². The van der Waals surface area contributed by atoms with Crippen LogP contribution in [-0.2, 0) is 15.8 Å². The largest absolute Gasteiger partial charge is 0.497 e. The highest BCUT2D eigenvalue weighted by atomic mass is 32.2. The van der Waals surface area contributed by atoms with E-state index in [1.807, 2.05) is 0 Å². The first-order valence-electron chi connectivity index (χ1n) is 10.8. The summed E-state index contributed by atoms with van der Waals surface area (Å²) in [6.07, 6.45) is -2.98. The highest BCUT2D eigenvalue weighted by molar-refractivity contribution is 8.27. The average Bonchev–Trinajstić information content (AvgIpc) is 3.15. The minimum Gasteiger partial charge on any atom is -0.497 e. The molecule has 4 rings (SSSR count).